The summed E-state index contributed by atoms with van der Waals surface area (Å²) in [7, 11) is 0. The number of rotatable bonds is 2. The van der Waals surface area contributed by atoms with Crippen LogP contribution in [-0.4, -0.2) is 29.7 Å². The van der Waals surface area contributed by atoms with E-state index >= 15 is 0 Å². The Hall–Kier alpha value is -1.16. The molecular weight excluding hydrogens is 222 g/mol. The predicted molar refractivity (Wildman–Crippen MR) is 63.8 cm³/mol. The van der Waals surface area contributed by atoms with Gasteiger partial charge in [0.05, 0.1) is 11.4 Å². The summed E-state index contributed by atoms with van der Waals surface area (Å²) in [5.74, 6) is 0.203. The molecule has 0 atom stereocenters. The van der Waals surface area contributed by atoms with Crippen LogP contribution in [0.25, 0.3) is 0 Å². The molecule has 0 saturated carbocycles. The Bertz CT molecular complexity index is 411. The smallest absolute Gasteiger partial charge is 0.264 e. The van der Waals surface area contributed by atoms with Crippen LogP contribution in [0.2, 0.25) is 0 Å². The van der Waals surface area contributed by atoms with Crippen LogP contribution >= 0.6 is 11.3 Å². The van der Waals surface area contributed by atoms with Gasteiger partial charge < -0.3 is 4.90 Å². The molecule has 3 nitrogen and oxygen atoms in total. The molecule has 0 aromatic carbocycles. The molecule has 4 heteroatoms. The Morgan fingerprint density at radius 2 is 2.38 bits per heavy atom. The summed E-state index contributed by atoms with van der Waals surface area (Å²) in [5, 5.41) is 1.94. The van der Waals surface area contributed by atoms with Gasteiger partial charge in [0.1, 0.15) is 0 Å². The number of aryl methyl sites for hydroxylation is 1. The molecule has 1 aliphatic heterocycles. The molecule has 16 heavy (non-hydrogen) atoms. The molecule has 1 saturated heterocycles. The van der Waals surface area contributed by atoms with Gasteiger partial charge in [0, 0.05) is 13.0 Å². The van der Waals surface area contributed by atoms with Crippen LogP contribution in [0, 0.1) is 0 Å². The molecule has 1 aromatic rings. The minimum atomic E-state index is 0.0277. The predicted octanol–water partition coefficient (Wildman–Crippen LogP) is 2.12. The molecule has 0 radical (unpaired) electrons. The minimum absolute atomic E-state index is 0.0277. The van der Waals surface area contributed by atoms with Crippen molar-refractivity contribution in [3.8, 4) is 0 Å². The van der Waals surface area contributed by atoms with E-state index < -0.39 is 0 Å². The summed E-state index contributed by atoms with van der Waals surface area (Å²) < 4.78 is 0. The highest BCUT2D eigenvalue weighted by molar-refractivity contribution is 7.12. The fraction of sp³-hybridized carbons (Fsp3) is 0.500. The van der Waals surface area contributed by atoms with E-state index in [-0.39, 0.29) is 11.7 Å². The number of piperidine rings is 1. The van der Waals surface area contributed by atoms with Gasteiger partial charge in [-0.2, -0.15) is 0 Å². The first-order chi connectivity index (χ1) is 7.72. The van der Waals surface area contributed by atoms with E-state index in [1.54, 1.807) is 4.90 Å². The maximum absolute atomic E-state index is 12.2. The number of hydrogen-bond donors (Lipinski definition) is 0. The van der Waals surface area contributed by atoms with Crippen molar-refractivity contribution < 1.29 is 9.59 Å². The first-order valence-corrected chi connectivity index (χ1v) is 6.47. The van der Waals surface area contributed by atoms with E-state index in [4.69, 9.17) is 0 Å². The van der Waals surface area contributed by atoms with Crippen molar-refractivity contribution in [2.75, 3.05) is 13.1 Å². The number of carbonyl (C=O) groups excluding carboxylic acids is 2. The number of Topliss-reactive ketones (excluding diaryl/α,β-unsaturated/α-hetero) is 1. The topological polar surface area (TPSA) is 37.4 Å². The monoisotopic (exact) mass is 237 g/mol. The molecule has 0 spiro atoms. The second-order valence-electron chi connectivity index (χ2n) is 4.00. The number of amides is 1. The molecule has 2 heterocycles. The fourth-order valence-corrected chi connectivity index (χ4v) is 2.92. The first kappa shape index (κ1) is 11.3. The Balaban J connectivity index is 2.15. The van der Waals surface area contributed by atoms with Crippen molar-refractivity contribution in [2.24, 2.45) is 0 Å². The molecule has 0 aliphatic carbocycles. The molecule has 86 valence electrons. The molecule has 1 aliphatic rings. The molecule has 0 N–H and O–H groups in total. The third kappa shape index (κ3) is 2.16. The third-order valence-corrected chi connectivity index (χ3v) is 3.80. The Labute approximate surface area is 99.1 Å². The zero-order valence-electron chi connectivity index (χ0n) is 9.36. The number of carbonyl (C=O) groups is 2. The number of ketones is 1. The minimum Gasteiger partial charge on any atom is -0.331 e. The highest BCUT2D eigenvalue weighted by Gasteiger charge is 2.24. The Morgan fingerprint density at radius 1 is 1.56 bits per heavy atom. The van der Waals surface area contributed by atoms with Crippen LogP contribution in [0.3, 0.4) is 0 Å². The van der Waals surface area contributed by atoms with E-state index in [0.29, 0.717) is 19.5 Å². The van der Waals surface area contributed by atoms with Crippen LogP contribution in [-0.2, 0) is 11.2 Å². The van der Waals surface area contributed by atoms with E-state index in [1.165, 1.54) is 11.3 Å². The molecule has 2 rings (SSSR count). The largest absolute Gasteiger partial charge is 0.331 e. The van der Waals surface area contributed by atoms with Gasteiger partial charge in [-0.25, -0.2) is 0 Å². The summed E-state index contributed by atoms with van der Waals surface area (Å²) in [6, 6.07) is 1.99. The van der Waals surface area contributed by atoms with Crippen LogP contribution in [0.5, 0.6) is 0 Å². The summed E-state index contributed by atoms with van der Waals surface area (Å²) >= 11 is 1.47. The molecule has 0 unspecified atom stereocenters. The van der Waals surface area contributed by atoms with Gasteiger partial charge in [-0.05, 0) is 29.9 Å². The normalized spacial score (nSPS) is 16.6. The van der Waals surface area contributed by atoms with Gasteiger partial charge >= 0.3 is 0 Å². The number of likely N-dealkylation sites (tertiary alicyclic amines) is 1. The van der Waals surface area contributed by atoms with Crippen LogP contribution < -0.4 is 0 Å². The molecule has 1 aromatic heterocycles. The highest BCUT2D eigenvalue weighted by Crippen LogP contribution is 2.21. The second kappa shape index (κ2) is 4.78. The lowest BCUT2D eigenvalue weighted by atomic mass is 10.1. The quantitative estimate of drug-likeness (QED) is 0.790. The average molecular weight is 237 g/mol. The van der Waals surface area contributed by atoms with Crippen molar-refractivity contribution in [1.82, 2.24) is 4.90 Å². The fourth-order valence-electron chi connectivity index (χ4n) is 1.96. The van der Waals surface area contributed by atoms with Crippen LogP contribution in [0.15, 0.2) is 11.4 Å². The summed E-state index contributed by atoms with van der Waals surface area (Å²) in [5.41, 5.74) is 1.09. The van der Waals surface area contributed by atoms with Crippen LogP contribution in [0.4, 0.5) is 0 Å². The molecule has 0 bridgehead atoms. The lowest BCUT2D eigenvalue weighted by Crippen LogP contribution is -2.40. The van der Waals surface area contributed by atoms with Crippen molar-refractivity contribution in [3.05, 3.63) is 21.9 Å². The standard InChI is InChI=1S/C12H15NO2S/c1-2-9-5-7-16-11(9)12(15)13-6-3-4-10(14)8-13/h5,7H,2-4,6,8H2,1H3. The highest BCUT2D eigenvalue weighted by atomic mass is 32.1. The van der Waals surface area contributed by atoms with Gasteiger partial charge in [0.2, 0.25) is 0 Å². The summed E-state index contributed by atoms with van der Waals surface area (Å²) in [6.07, 6.45) is 2.29. The van der Waals surface area contributed by atoms with E-state index in [2.05, 4.69) is 0 Å². The Kier molecular flexibility index (Phi) is 3.39. The van der Waals surface area contributed by atoms with Crippen molar-refractivity contribution in [1.29, 1.82) is 0 Å². The van der Waals surface area contributed by atoms with E-state index in [0.717, 1.165) is 23.3 Å². The van der Waals surface area contributed by atoms with Crippen molar-refractivity contribution in [2.45, 2.75) is 26.2 Å². The number of thiophene rings is 1. The van der Waals surface area contributed by atoms with Gasteiger partial charge in [-0.3, -0.25) is 9.59 Å². The zero-order chi connectivity index (χ0) is 11.5. The third-order valence-electron chi connectivity index (χ3n) is 2.86. The lowest BCUT2D eigenvalue weighted by Gasteiger charge is -2.25. The number of hydrogen-bond acceptors (Lipinski definition) is 3. The van der Waals surface area contributed by atoms with Crippen molar-refractivity contribution in [3.63, 3.8) is 0 Å². The Morgan fingerprint density at radius 3 is 3.06 bits per heavy atom. The van der Waals surface area contributed by atoms with Gasteiger partial charge in [0.25, 0.3) is 5.91 Å². The summed E-state index contributed by atoms with van der Waals surface area (Å²) in [4.78, 5) is 26.0. The SMILES string of the molecule is CCc1ccsc1C(=O)N1CCCC(=O)C1. The first-order valence-electron chi connectivity index (χ1n) is 5.59. The van der Waals surface area contributed by atoms with E-state index in [1.807, 2.05) is 18.4 Å². The average Bonchev–Trinajstić information content (AvgIpc) is 2.76. The lowest BCUT2D eigenvalue weighted by molar-refractivity contribution is -0.121. The van der Waals surface area contributed by atoms with Crippen molar-refractivity contribution >= 4 is 23.0 Å². The van der Waals surface area contributed by atoms with E-state index in [9.17, 15) is 9.59 Å². The maximum atomic E-state index is 12.2. The summed E-state index contributed by atoms with van der Waals surface area (Å²) in [6.45, 7) is 3.05. The molecule has 1 fully saturated rings. The van der Waals surface area contributed by atoms with Gasteiger partial charge in [-0.15, -0.1) is 11.3 Å². The zero-order valence-corrected chi connectivity index (χ0v) is 10.2. The second-order valence-corrected chi connectivity index (χ2v) is 4.91. The number of nitrogens with zero attached hydrogens (tertiary/aromatic N) is 1. The van der Waals surface area contributed by atoms with Gasteiger partial charge in [-0.1, -0.05) is 6.92 Å². The maximum Gasteiger partial charge on any atom is 0.264 e. The molecule has 1 amide bonds. The van der Waals surface area contributed by atoms with Gasteiger partial charge in [0.15, 0.2) is 5.78 Å². The molecular formula is C12H15NO2S. The van der Waals surface area contributed by atoms with Crippen LogP contribution in [0.1, 0.15) is 35.0 Å².